The molecule has 0 aliphatic heterocycles. The van der Waals surface area contributed by atoms with Crippen LogP contribution in [0.5, 0.6) is 0 Å². The van der Waals surface area contributed by atoms with Gasteiger partial charge in [0, 0.05) is 27.1 Å². The summed E-state index contributed by atoms with van der Waals surface area (Å²) in [6.07, 6.45) is -20.0. The minimum absolute atomic E-state index is 0.0105. The number of alkyl halides is 12. The van der Waals surface area contributed by atoms with Crippen LogP contribution >= 0.6 is 0 Å². The molecule has 0 atom stereocenters. The maximum Gasteiger partial charge on any atom is 0.416 e. The van der Waals surface area contributed by atoms with E-state index in [1.54, 1.807) is 0 Å². The van der Waals surface area contributed by atoms with Crippen LogP contribution in [0.25, 0.3) is 66.1 Å². The Kier molecular flexibility index (Phi) is 8.72. The lowest BCUT2D eigenvalue weighted by Crippen LogP contribution is -2.09. The third-order valence-electron chi connectivity index (χ3n) is 10.1. The van der Waals surface area contributed by atoms with Crippen molar-refractivity contribution < 1.29 is 52.7 Å². The van der Waals surface area contributed by atoms with Crippen molar-refractivity contribution in [3.05, 3.63) is 142 Å². The molecule has 0 N–H and O–H groups in total. The molecule has 5 nitrogen and oxygen atoms in total. The smallest absolute Gasteiger partial charge is 0.307 e. The molecule has 2 aromatic heterocycles. The molecule has 0 radical (unpaired) electrons. The van der Waals surface area contributed by atoms with Gasteiger partial charge in [-0.1, -0.05) is 24.3 Å². The van der Waals surface area contributed by atoms with E-state index in [0.29, 0.717) is 48.5 Å². The lowest BCUT2D eigenvalue weighted by atomic mass is 9.95. The molecule has 8 aromatic rings. The first-order valence-electron chi connectivity index (χ1n) is 17.1. The van der Waals surface area contributed by atoms with E-state index in [4.69, 9.17) is 0 Å². The summed E-state index contributed by atoms with van der Waals surface area (Å²) in [4.78, 5) is 0. The molecule has 0 amide bonds. The van der Waals surface area contributed by atoms with Gasteiger partial charge in [0.1, 0.15) is 0 Å². The SMILES string of the molecule is N#Cc1cc(C#N)cc(-c2cc(-n3c4cc(C(F)(F)F)ccc4c4ccc(C(F)(F)F)cc43)c(-n3c4cc(C(F)(F)F)ccc4c4ccc(C(F)(F)F)cc43)cc2C#N)c1. The van der Waals surface area contributed by atoms with E-state index in [1.165, 1.54) is 18.2 Å². The Morgan fingerprint density at radius 1 is 0.367 bits per heavy atom. The minimum Gasteiger partial charge on any atom is -0.307 e. The van der Waals surface area contributed by atoms with Gasteiger partial charge >= 0.3 is 24.7 Å². The van der Waals surface area contributed by atoms with Crippen LogP contribution in [0.2, 0.25) is 0 Å². The number of aromatic nitrogens is 2. The maximum absolute atomic E-state index is 14.3. The highest BCUT2D eigenvalue weighted by Crippen LogP contribution is 2.45. The first-order chi connectivity index (χ1) is 28.1. The highest BCUT2D eigenvalue weighted by Gasteiger charge is 2.36. The van der Waals surface area contributed by atoms with E-state index < -0.39 is 58.3 Å². The van der Waals surface area contributed by atoms with Crippen LogP contribution in [0.15, 0.2) is 103 Å². The number of hydrogen-bond acceptors (Lipinski definition) is 3. The van der Waals surface area contributed by atoms with Gasteiger partial charge in [0.2, 0.25) is 0 Å². The Labute approximate surface area is 328 Å². The van der Waals surface area contributed by atoms with Crippen LogP contribution in [0.1, 0.15) is 38.9 Å². The summed E-state index contributed by atoms with van der Waals surface area (Å²) >= 11 is 0. The van der Waals surface area contributed by atoms with Crippen LogP contribution in [-0.4, -0.2) is 9.13 Å². The highest BCUT2D eigenvalue weighted by atomic mass is 19.4. The summed E-state index contributed by atoms with van der Waals surface area (Å²) in [7, 11) is 0. The van der Waals surface area contributed by atoms with Gasteiger partial charge in [0.25, 0.3) is 0 Å². The molecule has 60 heavy (non-hydrogen) atoms. The Morgan fingerprint density at radius 2 is 0.683 bits per heavy atom. The van der Waals surface area contributed by atoms with Crippen molar-refractivity contribution >= 4 is 43.6 Å². The first kappa shape index (κ1) is 39.4. The molecule has 8 rings (SSSR count). The number of rotatable bonds is 3. The molecular formula is C43H17F12N5. The first-order valence-corrected chi connectivity index (χ1v) is 17.1. The standard InChI is InChI=1S/C43H17F12N5/c44-40(45,46)25-1-5-29-30-6-2-26(41(47,48)49)14-35(30)59(34(29)13-25)38-12-24(20-58)33(23-10-21(18-56)9-22(11-23)19-57)17-39(38)60-36-15-27(42(50,51)52)3-7-31(36)32-8-4-28(16-37(32)60)43(53,54)55/h1-17H. The van der Waals surface area contributed by atoms with Gasteiger partial charge in [-0.3, -0.25) is 0 Å². The maximum atomic E-state index is 14.3. The van der Waals surface area contributed by atoms with E-state index in [0.717, 1.165) is 45.5 Å². The average Bonchev–Trinajstić information content (AvgIpc) is 3.70. The number of benzene rings is 6. The van der Waals surface area contributed by atoms with Crippen molar-refractivity contribution in [3.8, 4) is 40.7 Å². The van der Waals surface area contributed by atoms with Gasteiger partial charge in [0.15, 0.2) is 0 Å². The molecule has 0 unspecified atom stereocenters. The van der Waals surface area contributed by atoms with Gasteiger partial charge < -0.3 is 9.13 Å². The zero-order valence-corrected chi connectivity index (χ0v) is 29.6. The summed E-state index contributed by atoms with van der Waals surface area (Å²) in [6.45, 7) is 0. The predicted octanol–water partition coefficient (Wildman–Crippen LogP) is 13.2. The summed E-state index contributed by atoms with van der Waals surface area (Å²) in [5, 5.41) is 29.9. The zero-order valence-electron chi connectivity index (χ0n) is 29.6. The van der Waals surface area contributed by atoms with Crippen molar-refractivity contribution in [2.75, 3.05) is 0 Å². The quantitative estimate of drug-likeness (QED) is 0.166. The fraction of sp³-hybridized carbons (Fsp3) is 0.0930. The Balaban J connectivity index is 1.65. The number of fused-ring (bicyclic) bond motifs is 6. The van der Waals surface area contributed by atoms with Crippen molar-refractivity contribution in [3.63, 3.8) is 0 Å². The third kappa shape index (κ3) is 6.47. The molecule has 2 heterocycles. The number of nitriles is 3. The van der Waals surface area contributed by atoms with Gasteiger partial charge in [-0.25, -0.2) is 0 Å². The van der Waals surface area contributed by atoms with Crippen LogP contribution in [0.4, 0.5) is 52.7 Å². The lowest BCUT2D eigenvalue weighted by Gasteiger charge is -2.20. The molecule has 0 bridgehead atoms. The van der Waals surface area contributed by atoms with Crippen LogP contribution in [0.3, 0.4) is 0 Å². The van der Waals surface area contributed by atoms with Crippen LogP contribution in [-0.2, 0) is 24.7 Å². The number of nitrogens with zero attached hydrogens (tertiary/aromatic N) is 5. The Hall–Kier alpha value is -7.45. The molecular weight excluding hydrogens is 814 g/mol. The van der Waals surface area contributed by atoms with Gasteiger partial charge in [-0.05, 0) is 84.4 Å². The fourth-order valence-corrected chi connectivity index (χ4v) is 7.44. The van der Waals surface area contributed by atoms with E-state index in [1.807, 2.05) is 18.2 Å². The molecule has 0 saturated heterocycles. The van der Waals surface area contributed by atoms with Crippen LogP contribution in [0, 0.1) is 34.0 Å². The minimum atomic E-state index is -5.01. The molecule has 6 aromatic carbocycles. The summed E-state index contributed by atoms with van der Waals surface area (Å²) in [6, 6.07) is 20.7. The Morgan fingerprint density at radius 3 is 0.967 bits per heavy atom. The largest absolute Gasteiger partial charge is 0.416 e. The van der Waals surface area contributed by atoms with E-state index in [9.17, 15) is 68.5 Å². The fourth-order valence-electron chi connectivity index (χ4n) is 7.44. The predicted molar refractivity (Wildman–Crippen MR) is 195 cm³/mol. The monoisotopic (exact) mass is 831 g/mol. The second-order valence-corrected chi connectivity index (χ2v) is 13.6. The molecule has 0 aliphatic carbocycles. The van der Waals surface area contributed by atoms with Crippen molar-refractivity contribution in [1.29, 1.82) is 15.8 Å². The van der Waals surface area contributed by atoms with E-state index >= 15 is 0 Å². The molecule has 0 aliphatic rings. The van der Waals surface area contributed by atoms with Gasteiger partial charge in [0.05, 0.1) is 90.6 Å². The average molecular weight is 832 g/mol. The van der Waals surface area contributed by atoms with Crippen LogP contribution < -0.4 is 0 Å². The highest BCUT2D eigenvalue weighted by molar-refractivity contribution is 6.12. The lowest BCUT2D eigenvalue weighted by molar-refractivity contribution is -0.138. The van der Waals surface area contributed by atoms with Crippen molar-refractivity contribution in [2.24, 2.45) is 0 Å². The van der Waals surface area contributed by atoms with E-state index in [-0.39, 0.29) is 71.4 Å². The molecule has 0 saturated carbocycles. The topological polar surface area (TPSA) is 81.2 Å². The molecule has 0 spiro atoms. The summed E-state index contributed by atoms with van der Waals surface area (Å²) < 4.78 is 174. The normalized spacial score (nSPS) is 12.6. The van der Waals surface area contributed by atoms with Crippen molar-refractivity contribution in [1.82, 2.24) is 9.13 Å². The Bertz CT molecular complexity index is 3070. The second kappa shape index (κ2) is 13.3. The number of halogens is 12. The third-order valence-corrected chi connectivity index (χ3v) is 10.1. The van der Waals surface area contributed by atoms with Gasteiger partial charge in [-0.2, -0.15) is 68.5 Å². The van der Waals surface area contributed by atoms with Crippen molar-refractivity contribution in [2.45, 2.75) is 24.7 Å². The second-order valence-electron chi connectivity index (χ2n) is 13.6. The molecule has 298 valence electrons. The zero-order chi connectivity index (χ0) is 43.3. The summed E-state index contributed by atoms with van der Waals surface area (Å²) in [5.41, 5.74) is -8.10. The number of hydrogen-bond donors (Lipinski definition) is 0. The molecule has 0 fully saturated rings. The van der Waals surface area contributed by atoms with E-state index in [2.05, 4.69) is 0 Å². The van der Waals surface area contributed by atoms with Gasteiger partial charge in [-0.15, -0.1) is 0 Å². The molecule has 17 heteroatoms. The summed E-state index contributed by atoms with van der Waals surface area (Å²) in [5.74, 6) is 0.